The highest BCUT2D eigenvalue weighted by atomic mass is 32.2. The summed E-state index contributed by atoms with van der Waals surface area (Å²) in [6.07, 6.45) is 2.00. The van der Waals surface area contributed by atoms with Crippen LogP contribution in [-0.4, -0.2) is 35.3 Å². The van der Waals surface area contributed by atoms with Gasteiger partial charge in [-0.25, -0.2) is 8.42 Å². The minimum absolute atomic E-state index is 0.466. The Bertz CT molecular complexity index is 490. The number of aromatic nitrogens is 2. The molecule has 15 heavy (non-hydrogen) atoms. The van der Waals surface area contributed by atoms with E-state index in [4.69, 9.17) is 0 Å². The maximum atomic E-state index is 11.4. The van der Waals surface area contributed by atoms with E-state index in [9.17, 15) is 8.42 Å². The first-order valence-electron chi connectivity index (χ1n) is 4.86. The highest BCUT2D eigenvalue weighted by Gasteiger charge is 2.26. The van der Waals surface area contributed by atoms with Gasteiger partial charge in [-0.3, -0.25) is 4.68 Å². The molecule has 2 heterocycles. The summed E-state index contributed by atoms with van der Waals surface area (Å²) in [4.78, 5) is 0. The summed E-state index contributed by atoms with van der Waals surface area (Å²) >= 11 is 0. The van der Waals surface area contributed by atoms with Gasteiger partial charge in [0.1, 0.15) is 0 Å². The van der Waals surface area contributed by atoms with E-state index in [-0.39, 0.29) is 0 Å². The molecular weight excluding hydrogens is 214 g/mol. The molecule has 2 rings (SSSR count). The summed E-state index contributed by atoms with van der Waals surface area (Å²) in [5.74, 6) is 0. The van der Waals surface area contributed by atoms with Crippen LogP contribution in [0.4, 0.5) is 0 Å². The van der Waals surface area contributed by atoms with Gasteiger partial charge in [-0.2, -0.15) is 9.40 Å². The molecule has 0 bridgehead atoms. The van der Waals surface area contributed by atoms with Crippen LogP contribution in [0.25, 0.3) is 0 Å². The Kier molecular flexibility index (Phi) is 2.35. The average Bonchev–Trinajstić information content (AvgIpc) is 2.41. The number of nitrogens with zero attached hydrogens (tertiary/aromatic N) is 3. The maximum absolute atomic E-state index is 11.4. The SMILES string of the molecule is Cc1nn(C)c2c1CN(S(C)(=O)=O)CC2. The van der Waals surface area contributed by atoms with Crippen molar-refractivity contribution in [2.75, 3.05) is 12.8 Å². The first-order valence-corrected chi connectivity index (χ1v) is 6.71. The zero-order valence-corrected chi connectivity index (χ0v) is 10.0. The molecule has 0 saturated heterocycles. The van der Waals surface area contributed by atoms with Crippen molar-refractivity contribution in [2.24, 2.45) is 7.05 Å². The van der Waals surface area contributed by atoms with Crippen molar-refractivity contribution >= 4 is 10.0 Å². The first kappa shape index (κ1) is 10.6. The van der Waals surface area contributed by atoms with Crippen molar-refractivity contribution in [3.63, 3.8) is 0 Å². The van der Waals surface area contributed by atoms with Gasteiger partial charge >= 0.3 is 0 Å². The predicted molar refractivity (Wildman–Crippen MR) is 56.9 cm³/mol. The van der Waals surface area contributed by atoms with E-state index in [0.29, 0.717) is 13.1 Å². The molecule has 0 aromatic carbocycles. The minimum atomic E-state index is -3.08. The molecule has 0 spiro atoms. The fourth-order valence-corrected chi connectivity index (χ4v) is 2.82. The number of sulfonamides is 1. The lowest BCUT2D eigenvalue weighted by Crippen LogP contribution is -2.35. The summed E-state index contributed by atoms with van der Waals surface area (Å²) in [5, 5.41) is 4.30. The van der Waals surface area contributed by atoms with E-state index in [1.807, 2.05) is 18.7 Å². The molecule has 5 nitrogen and oxygen atoms in total. The minimum Gasteiger partial charge on any atom is -0.272 e. The molecule has 0 fully saturated rings. The smallest absolute Gasteiger partial charge is 0.211 e. The van der Waals surface area contributed by atoms with Crippen LogP contribution in [0.15, 0.2) is 0 Å². The lowest BCUT2D eigenvalue weighted by atomic mass is 10.1. The molecule has 0 atom stereocenters. The highest BCUT2D eigenvalue weighted by Crippen LogP contribution is 2.22. The second-order valence-electron chi connectivity index (χ2n) is 3.98. The van der Waals surface area contributed by atoms with Gasteiger partial charge in [-0.1, -0.05) is 0 Å². The number of hydrogen-bond acceptors (Lipinski definition) is 3. The van der Waals surface area contributed by atoms with Gasteiger partial charge in [-0.05, 0) is 6.92 Å². The summed E-state index contributed by atoms with van der Waals surface area (Å²) in [6, 6.07) is 0. The van der Waals surface area contributed by atoms with Gasteiger partial charge in [0.05, 0.1) is 11.9 Å². The molecule has 1 aliphatic rings. The first-order chi connectivity index (χ1) is 6.89. The zero-order chi connectivity index (χ0) is 11.2. The average molecular weight is 229 g/mol. The molecule has 0 aliphatic carbocycles. The largest absolute Gasteiger partial charge is 0.272 e. The van der Waals surface area contributed by atoms with E-state index in [1.165, 1.54) is 10.6 Å². The molecular formula is C9H15N3O2S. The van der Waals surface area contributed by atoms with Crippen LogP contribution in [0.1, 0.15) is 17.0 Å². The van der Waals surface area contributed by atoms with Crippen LogP contribution in [0.3, 0.4) is 0 Å². The van der Waals surface area contributed by atoms with E-state index < -0.39 is 10.0 Å². The monoisotopic (exact) mass is 229 g/mol. The van der Waals surface area contributed by atoms with Gasteiger partial charge in [0.25, 0.3) is 0 Å². The van der Waals surface area contributed by atoms with Crippen LogP contribution in [0, 0.1) is 6.92 Å². The van der Waals surface area contributed by atoms with Gasteiger partial charge in [0.2, 0.25) is 10.0 Å². The van der Waals surface area contributed by atoms with Gasteiger partial charge in [-0.15, -0.1) is 0 Å². The quantitative estimate of drug-likeness (QED) is 0.683. The third-order valence-corrected chi connectivity index (χ3v) is 4.13. The van der Waals surface area contributed by atoms with Crippen LogP contribution >= 0.6 is 0 Å². The summed E-state index contributed by atoms with van der Waals surface area (Å²) in [6.45, 7) is 2.95. The standard InChI is InChI=1S/C9H15N3O2S/c1-7-8-6-12(15(3,13)14)5-4-9(8)11(2)10-7/h4-6H2,1-3H3. The second-order valence-corrected chi connectivity index (χ2v) is 5.96. The van der Waals surface area contributed by atoms with Crippen molar-refractivity contribution < 1.29 is 8.42 Å². The lowest BCUT2D eigenvalue weighted by Gasteiger charge is -2.25. The van der Waals surface area contributed by atoms with Crippen molar-refractivity contribution in [3.8, 4) is 0 Å². The molecule has 84 valence electrons. The Hall–Kier alpha value is -0.880. The zero-order valence-electron chi connectivity index (χ0n) is 9.19. The maximum Gasteiger partial charge on any atom is 0.211 e. The van der Waals surface area contributed by atoms with Crippen molar-refractivity contribution in [1.29, 1.82) is 0 Å². The molecule has 0 saturated carbocycles. The van der Waals surface area contributed by atoms with Crippen molar-refractivity contribution in [2.45, 2.75) is 19.9 Å². The normalized spacial score (nSPS) is 17.8. The number of rotatable bonds is 1. The topological polar surface area (TPSA) is 55.2 Å². The number of aryl methyl sites for hydroxylation is 2. The van der Waals surface area contributed by atoms with Crippen LogP contribution < -0.4 is 0 Å². The molecule has 1 aromatic rings. The molecule has 0 radical (unpaired) electrons. The van der Waals surface area contributed by atoms with Gasteiger partial charge in [0.15, 0.2) is 0 Å². The van der Waals surface area contributed by atoms with Crippen molar-refractivity contribution in [3.05, 3.63) is 17.0 Å². The Morgan fingerprint density at radius 3 is 2.67 bits per heavy atom. The Balaban J connectivity index is 2.39. The van der Waals surface area contributed by atoms with Crippen LogP contribution in [-0.2, 0) is 30.0 Å². The summed E-state index contributed by atoms with van der Waals surface area (Å²) < 4.78 is 26.2. The van der Waals surface area contributed by atoms with Crippen molar-refractivity contribution in [1.82, 2.24) is 14.1 Å². The third kappa shape index (κ3) is 1.79. The summed E-state index contributed by atoms with van der Waals surface area (Å²) in [5.41, 5.74) is 3.16. The number of hydrogen-bond donors (Lipinski definition) is 0. The van der Waals surface area contributed by atoms with Gasteiger partial charge in [0, 0.05) is 37.8 Å². The fraction of sp³-hybridized carbons (Fsp3) is 0.667. The lowest BCUT2D eigenvalue weighted by molar-refractivity contribution is 0.389. The molecule has 1 aliphatic heterocycles. The molecule has 0 amide bonds. The molecule has 6 heteroatoms. The van der Waals surface area contributed by atoms with E-state index in [2.05, 4.69) is 5.10 Å². The summed E-state index contributed by atoms with van der Waals surface area (Å²) in [7, 11) is -1.18. The van der Waals surface area contributed by atoms with Gasteiger partial charge < -0.3 is 0 Å². The molecule has 0 N–H and O–H groups in total. The van der Waals surface area contributed by atoms with E-state index >= 15 is 0 Å². The fourth-order valence-electron chi connectivity index (χ4n) is 2.04. The Morgan fingerprint density at radius 2 is 2.07 bits per heavy atom. The third-order valence-electron chi connectivity index (χ3n) is 2.88. The van der Waals surface area contributed by atoms with Crippen LogP contribution in [0.2, 0.25) is 0 Å². The van der Waals surface area contributed by atoms with E-state index in [1.54, 1.807) is 0 Å². The van der Waals surface area contributed by atoms with Crippen LogP contribution in [0.5, 0.6) is 0 Å². The molecule has 1 aromatic heterocycles. The Morgan fingerprint density at radius 1 is 1.40 bits per heavy atom. The molecule has 0 unspecified atom stereocenters. The van der Waals surface area contributed by atoms with E-state index in [0.717, 1.165) is 23.4 Å². The Labute approximate surface area is 89.7 Å². The predicted octanol–water partition coefficient (Wildman–Crippen LogP) is 0.0462. The number of fused-ring (bicyclic) bond motifs is 1. The second kappa shape index (κ2) is 3.31. The highest BCUT2D eigenvalue weighted by molar-refractivity contribution is 7.88.